The highest BCUT2D eigenvalue weighted by Crippen LogP contribution is 2.12. The van der Waals surface area contributed by atoms with Crippen molar-refractivity contribution in [1.29, 1.82) is 0 Å². The fraction of sp³-hybridized carbons (Fsp3) is 0.400. The van der Waals surface area contributed by atoms with E-state index in [9.17, 15) is 0 Å². The van der Waals surface area contributed by atoms with Gasteiger partial charge >= 0.3 is 0 Å². The lowest BCUT2D eigenvalue weighted by Crippen LogP contribution is -2.38. The molecule has 1 heterocycles. The van der Waals surface area contributed by atoms with Crippen molar-refractivity contribution in [3.05, 3.63) is 59.9 Å². The topological polar surface area (TPSA) is 58.5 Å². The van der Waals surface area contributed by atoms with Crippen LogP contribution in [0, 0.1) is 0 Å². The molecule has 0 aliphatic heterocycles. The van der Waals surface area contributed by atoms with Gasteiger partial charge in [-0.25, -0.2) is 0 Å². The molecular weight excluding hydrogens is 312 g/mol. The summed E-state index contributed by atoms with van der Waals surface area (Å²) in [5.41, 5.74) is 2.26. The minimum absolute atomic E-state index is 0.657. The minimum atomic E-state index is 0.657. The second kappa shape index (κ2) is 11.1. The third kappa shape index (κ3) is 7.25. The summed E-state index contributed by atoms with van der Waals surface area (Å²) in [5.74, 6) is 1.73. The summed E-state index contributed by atoms with van der Waals surface area (Å²) in [6.45, 7) is 4.43. The van der Waals surface area contributed by atoms with E-state index in [0.717, 1.165) is 49.8 Å². The van der Waals surface area contributed by atoms with Gasteiger partial charge in [-0.05, 0) is 42.7 Å². The molecule has 1 aromatic carbocycles. The summed E-state index contributed by atoms with van der Waals surface area (Å²) in [5, 5.41) is 6.59. The van der Waals surface area contributed by atoms with E-state index in [1.807, 2.05) is 30.3 Å². The highest BCUT2D eigenvalue weighted by Gasteiger charge is 2.00. The molecule has 0 amide bonds. The lowest BCUT2D eigenvalue weighted by molar-refractivity contribution is 0.309. The van der Waals surface area contributed by atoms with E-state index in [2.05, 4.69) is 39.7 Å². The number of aliphatic imine (C=N–C) groups is 1. The zero-order chi connectivity index (χ0) is 17.7. The average molecular weight is 340 g/mol. The van der Waals surface area contributed by atoms with Gasteiger partial charge in [-0.15, -0.1) is 0 Å². The number of nitrogens with one attached hydrogen (secondary N) is 2. The number of guanidine groups is 1. The van der Waals surface area contributed by atoms with Crippen LogP contribution in [-0.4, -0.2) is 31.1 Å². The fourth-order valence-electron chi connectivity index (χ4n) is 2.31. The number of rotatable bonds is 9. The molecule has 0 aliphatic rings. The molecule has 2 N–H and O–H groups in total. The number of benzene rings is 1. The SMILES string of the molecule is CCCCOc1ccc(CCNC(=NC)NCc2ccccn2)cc1. The number of aromatic nitrogens is 1. The van der Waals surface area contributed by atoms with Crippen LogP contribution in [0.1, 0.15) is 31.0 Å². The molecule has 0 atom stereocenters. The number of pyridine rings is 1. The molecule has 0 saturated heterocycles. The van der Waals surface area contributed by atoms with Crippen molar-refractivity contribution in [2.24, 2.45) is 4.99 Å². The maximum Gasteiger partial charge on any atom is 0.191 e. The fourth-order valence-corrected chi connectivity index (χ4v) is 2.31. The average Bonchev–Trinajstić information content (AvgIpc) is 2.67. The van der Waals surface area contributed by atoms with Gasteiger partial charge in [-0.3, -0.25) is 9.98 Å². The highest BCUT2D eigenvalue weighted by molar-refractivity contribution is 5.79. The molecular formula is C20H28N4O. The van der Waals surface area contributed by atoms with Crippen molar-refractivity contribution >= 4 is 5.96 Å². The van der Waals surface area contributed by atoms with Gasteiger partial charge in [0.25, 0.3) is 0 Å². The smallest absolute Gasteiger partial charge is 0.191 e. The molecule has 0 unspecified atom stereocenters. The maximum atomic E-state index is 5.68. The Bertz CT molecular complexity index is 626. The van der Waals surface area contributed by atoms with Crippen molar-refractivity contribution in [2.45, 2.75) is 32.7 Å². The van der Waals surface area contributed by atoms with Crippen molar-refractivity contribution in [1.82, 2.24) is 15.6 Å². The lowest BCUT2D eigenvalue weighted by atomic mass is 10.1. The number of ether oxygens (including phenoxy) is 1. The standard InChI is InChI=1S/C20H28N4O/c1-3-4-15-25-19-10-8-17(9-11-19)12-14-23-20(21-2)24-16-18-7-5-6-13-22-18/h5-11,13H,3-4,12,14-16H2,1-2H3,(H2,21,23,24). The number of hydrogen-bond acceptors (Lipinski definition) is 3. The largest absolute Gasteiger partial charge is 0.494 e. The summed E-state index contributed by atoms with van der Waals surface area (Å²) in [4.78, 5) is 8.53. The second-order valence-corrected chi connectivity index (χ2v) is 5.77. The Labute approximate surface area is 150 Å². The van der Waals surface area contributed by atoms with Crippen LogP contribution in [-0.2, 0) is 13.0 Å². The van der Waals surface area contributed by atoms with Crippen molar-refractivity contribution in [2.75, 3.05) is 20.2 Å². The van der Waals surface area contributed by atoms with Crippen molar-refractivity contribution in [3.8, 4) is 5.75 Å². The molecule has 134 valence electrons. The zero-order valence-electron chi connectivity index (χ0n) is 15.2. The van der Waals surface area contributed by atoms with Gasteiger partial charge in [0.05, 0.1) is 18.8 Å². The summed E-state index contributed by atoms with van der Waals surface area (Å²) in [6.07, 6.45) is 4.97. The molecule has 2 rings (SSSR count). The first-order chi connectivity index (χ1) is 12.3. The Morgan fingerprint density at radius 3 is 2.64 bits per heavy atom. The van der Waals surface area contributed by atoms with E-state index in [0.29, 0.717) is 6.54 Å². The first-order valence-corrected chi connectivity index (χ1v) is 8.88. The van der Waals surface area contributed by atoms with E-state index < -0.39 is 0 Å². The van der Waals surface area contributed by atoms with Crippen molar-refractivity contribution in [3.63, 3.8) is 0 Å². The predicted molar refractivity (Wildman–Crippen MR) is 103 cm³/mol. The predicted octanol–water partition coefficient (Wildman–Crippen LogP) is 3.17. The Hall–Kier alpha value is -2.56. The Balaban J connectivity index is 1.69. The normalized spacial score (nSPS) is 11.2. The van der Waals surface area contributed by atoms with E-state index in [1.165, 1.54) is 5.56 Å². The monoisotopic (exact) mass is 340 g/mol. The summed E-state index contributed by atoms with van der Waals surface area (Å²) >= 11 is 0. The molecule has 5 heteroatoms. The van der Waals surface area contributed by atoms with Gasteiger partial charge in [-0.1, -0.05) is 31.5 Å². The van der Waals surface area contributed by atoms with Crippen LogP contribution in [0.3, 0.4) is 0 Å². The Morgan fingerprint density at radius 2 is 1.96 bits per heavy atom. The second-order valence-electron chi connectivity index (χ2n) is 5.77. The van der Waals surface area contributed by atoms with Gasteiger partial charge in [0.1, 0.15) is 5.75 Å². The van der Waals surface area contributed by atoms with Crippen molar-refractivity contribution < 1.29 is 4.74 Å². The first-order valence-electron chi connectivity index (χ1n) is 8.88. The molecule has 0 spiro atoms. The number of hydrogen-bond donors (Lipinski definition) is 2. The van der Waals surface area contributed by atoms with Crippen LogP contribution in [0.2, 0.25) is 0 Å². The number of unbranched alkanes of at least 4 members (excludes halogenated alkanes) is 1. The lowest BCUT2D eigenvalue weighted by Gasteiger charge is -2.12. The number of nitrogens with zero attached hydrogens (tertiary/aromatic N) is 2. The Morgan fingerprint density at radius 1 is 1.12 bits per heavy atom. The highest BCUT2D eigenvalue weighted by atomic mass is 16.5. The van der Waals surface area contributed by atoms with Crippen LogP contribution in [0.15, 0.2) is 53.7 Å². The molecule has 25 heavy (non-hydrogen) atoms. The molecule has 1 aromatic heterocycles. The first kappa shape index (κ1) is 18.8. The summed E-state index contributed by atoms with van der Waals surface area (Å²) in [6, 6.07) is 14.2. The van der Waals surface area contributed by atoms with E-state index in [-0.39, 0.29) is 0 Å². The van der Waals surface area contributed by atoms with Crippen LogP contribution >= 0.6 is 0 Å². The third-order valence-corrected chi connectivity index (χ3v) is 3.78. The summed E-state index contributed by atoms with van der Waals surface area (Å²) in [7, 11) is 1.77. The van der Waals surface area contributed by atoms with Gasteiger partial charge in [0.2, 0.25) is 0 Å². The molecule has 0 aliphatic carbocycles. The third-order valence-electron chi connectivity index (χ3n) is 3.78. The quantitative estimate of drug-likeness (QED) is 0.418. The van der Waals surface area contributed by atoms with Crippen LogP contribution in [0.5, 0.6) is 5.75 Å². The summed E-state index contributed by atoms with van der Waals surface area (Å²) < 4.78 is 5.68. The molecule has 0 saturated carbocycles. The van der Waals surface area contributed by atoms with Gasteiger partial charge < -0.3 is 15.4 Å². The molecule has 0 radical (unpaired) electrons. The van der Waals surface area contributed by atoms with Crippen LogP contribution in [0.25, 0.3) is 0 Å². The Kier molecular flexibility index (Phi) is 8.32. The van der Waals surface area contributed by atoms with Gasteiger partial charge in [-0.2, -0.15) is 0 Å². The van der Waals surface area contributed by atoms with Crippen LogP contribution in [0.4, 0.5) is 0 Å². The van der Waals surface area contributed by atoms with Crippen LogP contribution < -0.4 is 15.4 Å². The molecule has 0 fully saturated rings. The van der Waals surface area contributed by atoms with Gasteiger partial charge in [0.15, 0.2) is 5.96 Å². The molecule has 5 nitrogen and oxygen atoms in total. The van der Waals surface area contributed by atoms with E-state index in [4.69, 9.17) is 4.74 Å². The zero-order valence-corrected chi connectivity index (χ0v) is 15.2. The molecule has 2 aromatic rings. The minimum Gasteiger partial charge on any atom is -0.494 e. The van der Waals surface area contributed by atoms with E-state index in [1.54, 1.807) is 13.2 Å². The molecule has 0 bridgehead atoms. The van der Waals surface area contributed by atoms with E-state index >= 15 is 0 Å². The maximum absolute atomic E-state index is 5.68. The van der Waals surface area contributed by atoms with Gasteiger partial charge in [0, 0.05) is 19.8 Å².